The monoisotopic (exact) mass is 319 g/mol. The SMILES string of the molecule is COc1cccc(Nc2cc(Br)nc(C3CC3)n2)c1. The molecule has 98 valence electrons. The minimum atomic E-state index is 0.531. The minimum absolute atomic E-state index is 0.531. The van der Waals surface area contributed by atoms with Gasteiger partial charge in [-0.15, -0.1) is 0 Å². The molecule has 3 rings (SSSR count). The summed E-state index contributed by atoms with van der Waals surface area (Å²) in [7, 11) is 1.66. The summed E-state index contributed by atoms with van der Waals surface area (Å²) in [6.45, 7) is 0. The van der Waals surface area contributed by atoms with Gasteiger partial charge in [0.05, 0.1) is 7.11 Å². The van der Waals surface area contributed by atoms with Crippen molar-refractivity contribution in [2.24, 2.45) is 0 Å². The zero-order valence-corrected chi connectivity index (χ0v) is 12.1. The van der Waals surface area contributed by atoms with E-state index in [0.29, 0.717) is 5.92 Å². The molecule has 1 N–H and O–H groups in total. The quantitative estimate of drug-likeness (QED) is 0.869. The van der Waals surface area contributed by atoms with E-state index in [1.54, 1.807) is 7.11 Å². The first-order valence-electron chi connectivity index (χ1n) is 6.20. The Labute approximate surface area is 120 Å². The molecule has 2 aromatic rings. The van der Waals surface area contributed by atoms with E-state index in [9.17, 15) is 0 Å². The Morgan fingerprint density at radius 1 is 1.26 bits per heavy atom. The van der Waals surface area contributed by atoms with Crippen molar-refractivity contribution in [1.82, 2.24) is 9.97 Å². The summed E-state index contributed by atoms with van der Waals surface area (Å²) in [5.41, 5.74) is 0.951. The average Bonchev–Trinajstić information content (AvgIpc) is 3.22. The molecule has 0 spiro atoms. The average molecular weight is 320 g/mol. The Hall–Kier alpha value is -1.62. The Balaban J connectivity index is 1.85. The van der Waals surface area contributed by atoms with Crippen LogP contribution in [0.4, 0.5) is 11.5 Å². The normalized spacial score (nSPS) is 14.2. The molecule has 0 saturated heterocycles. The number of rotatable bonds is 4. The van der Waals surface area contributed by atoms with Crippen molar-refractivity contribution < 1.29 is 4.74 Å². The van der Waals surface area contributed by atoms with Gasteiger partial charge >= 0.3 is 0 Å². The van der Waals surface area contributed by atoms with Crippen LogP contribution >= 0.6 is 15.9 Å². The minimum Gasteiger partial charge on any atom is -0.497 e. The molecule has 0 atom stereocenters. The molecule has 1 aliphatic rings. The molecule has 1 saturated carbocycles. The van der Waals surface area contributed by atoms with Gasteiger partial charge in [-0.3, -0.25) is 0 Å². The number of aromatic nitrogens is 2. The number of halogens is 1. The maximum atomic E-state index is 5.21. The second-order valence-electron chi connectivity index (χ2n) is 4.57. The zero-order valence-electron chi connectivity index (χ0n) is 10.6. The van der Waals surface area contributed by atoms with Crippen molar-refractivity contribution in [3.63, 3.8) is 0 Å². The number of nitrogens with one attached hydrogen (secondary N) is 1. The highest BCUT2D eigenvalue weighted by Crippen LogP contribution is 2.39. The van der Waals surface area contributed by atoms with Gasteiger partial charge in [-0.2, -0.15) is 0 Å². The first kappa shape index (κ1) is 12.4. The number of benzene rings is 1. The Kier molecular flexibility index (Phi) is 3.38. The van der Waals surface area contributed by atoms with Crippen molar-refractivity contribution in [1.29, 1.82) is 0 Å². The van der Waals surface area contributed by atoms with Gasteiger partial charge in [-0.05, 0) is 40.9 Å². The van der Waals surface area contributed by atoms with Crippen LogP contribution in [0.1, 0.15) is 24.6 Å². The molecular formula is C14H14BrN3O. The number of hydrogen-bond acceptors (Lipinski definition) is 4. The van der Waals surface area contributed by atoms with E-state index in [1.165, 1.54) is 12.8 Å². The van der Waals surface area contributed by atoms with E-state index in [1.807, 2.05) is 30.3 Å². The molecule has 1 fully saturated rings. The number of methoxy groups -OCH3 is 1. The number of ether oxygens (including phenoxy) is 1. The van der Waals surface area contributed by atoms with Crippen LogP contribution in [0.2, 0.25) is 0 Å². The first-order valence-corrected chi connectivity index (χ1v) is 6.99. The van der Waals surface area contributed by atoms with Gasteiger partial charge in [-0.25, -0.2) is 9.97 Å². The van der Waals surface area contributed by atoms with Crippen LogP contribution in [0, 0.1) is 0 Å². The molecule has 1 aromatic heterocycles. The van der Waals surface area contributed by atoms with Crippen LogP contribution < -0.4 is 10.1 Å². The van der Waals surface area contributed by atoms with Gasteiger partial charge < -0.3 is 10.1 Å². The highest BCUT2D eigenvalue weighted by Gasteiger charge is 2.27. The molecule has 0 aliphatic heterocycles. The molecule has 0 unspecified atom stereocenters. The second-order valence-corrected chi connectivity index (χ2v) is 5.38. The zero-order chi connectivity index (χ0) is 13.2. The highest BCUT2D eigenvalue weighted by molar-refractivity contribution is 9.10. The highest BCUT2D eigenvalue weighted by atomic mass is 79.9. The third-order valence-electron chi connectivity index (χ3n) is 3.00. The van der Waals surface area contributed by atoms with Gasteiger partial charge in [0, 0.05) is 23.7 Å². The van der Waals surface area contributed by atoms with Crippen molar-refractivity contribution in [3.05, 3.63) is 40.8 Å². The molecule has 1 aliphatic carbocycles. The first-order chi connectivity index (χ1) is 9.24. The summed E-state index contributed by atoms with van der Waals surface area (Å²) < 4.78 is 6.02. The maximum absolute atomic E-state index is 5.21. The largest absolute Gasteiger partial charge is 0.497 e. The summed E-state index contributed by atoms with van der Waals surface area (Å²) in [4.78, 5) is 8.97. The van der Waals surface area contributed by atoms with Crippen LogP contribution in [0.5, 0.6) is 5.75 Å². The Morgan fingerprint density at radius 3 is 2.84 bits per heavy atom. The molecular weight excluding hydrogens is 306 g/mol. The fourth-order valence-electron chi connectivity index (χ4n) is 1.87. The lowest BCUT2D eigenvalue weighted by atomic mass is 10.3. The lowest BCUT2D eigenvalue weighted by Crippen LogP contribution is -1.99. The van der Waals surface area contributed by atoms with Crippen molar-refractivity contribution in [3.8, 4) is 5.75 Å². The van der Waals surface area contributed by atoms with Crippen LogP contribution in [0.3, 0.4) is 0 Å². The van der Waals surface area contributed by atoms with E-state index in [4.69, 9.17) is 4.74 Å². The van der Waals surface area contributed by atoms with Crippen LogP contribution in [-0.4, -0.2) is 17.1 Å². The molecule has 1 heterocycles. The fourth-order valence-corrected chi connectivity index (χ4v) is 2.27. The van der Waals surface area contributed by atoms with E-state index < -0.39 is 0 Å². The third kappa shape index (κ3) is 3.04. The molecule has 0 radical (unpaired) electrons. The third-order valence-corrected chi connectivity index (χ3v) is 3.40. The predicted molar refractivity (Wildman–Crippen MR) is 78.0 cm³/mol. The van der Waals surface area contributed by atoms with Gasteiger partial charge in [0.2, 0.25) is 0 Å². The topological polar surface area (TPSA) is 47.0 Å². The second kappa shape index (κ2) is 5.17. The van der Waals surface area contributed by atoms with E-state index in [-0.39, 0.29) is 0 Å². The van der Waals surface area contributed by atoms with Gasteiger partial charge in [0.1, 0.15) is 22.0 Å². The van der Waals surface area contributed by atoms with Crippen molar-refractivity contribution in [2.45, 2.75) is 18.8 Å². The molecule has 4 nitrogen and oxygen atoms in total. The predicted octanol–water partition coefficient (Wildman–Crippen LogP) is 3.87. The Morgan fingerprint density at radius 2 is 2.11 bits per heavy atom. The number of nitrogens with zero attached hydrogens (tertiary/aromatic N) is 2. The summed E-state index contributed by atoms with van der Waals surface area (Å²) >= 11 is 3.43. The van der Waals surface area contributed by atoms with Gasteiger partial charge in [0.25, 0.3) is 0 Å². The van der Waals surface area contributed by atoms with E-state index >= 15 is 0 Å². The summed E-state index contributed by atoms with van der Waals surface area (Å²) in [6.07, 6.45) is 2.38. The van der Waals surface area contributed by atoms with Crippen molar-refractivity contribution >= 4 is 27.4 Å². The molecule has 0 bridgehead atoms. The summed E-state index contributed by atoms with van der Waals surface area (Å²) in [5, 5.41) is 3.28. The number of anilines is 2. The van der Waals surface area contributed by atoms with Crippen LogP contribution in [-0.2, 0) is 0 Å². The van der Waals surface area contributed by atoms with E-state index in [0.717, 1.165) is 27.7 Å². The van der Waals surface area contributed by atoms with Gasteiger partial charge in [0.15, 0.2) is 0 Å². The maximum Gasteiger partial charge on any atom is 0.135 e. The molecule has 0 amide bonds. The van der Waals surface area contributed by atoms with Crippen LogP contribution in [0.25, 0.3) is 0 Å². The lowest BCUT2D eigenvalue weighted by Gasteiger charge is -2.09. The molecule has 5 heteroatoms. The number of hydrogen-bond donors (Lipinski definition) is 1. The molecule has 19 heavy (non-hydrogen) atoms. The molecule has 1 aromatic carbocycles. The van der Waals surface area contributed by atoms with E-state index in [2.05, 4.69) is 31.2 Å². The standard InChI is InChI=1S/C14H14BrN3O/c1-19-11-4-2-3-10(7-11)16-13-8-12(15)17-14(18-13)9-5-6-9/h2-4,7-9H,5-6H2,1H3,(H,16,17,18). The lowest BCUT2D eigenvalue weighted by molar-refractivity contribution is 0.415. The smallest absolute Gasteiger partial charge is 0.135 e. The Bertz CT molecular complexity index is 599. The van der Waals surface area contributed by atoms with Crippen molar-refractivity contribution in [2.75, 3.05) is 12.4 Å². The summed E-state index contributed by atoms with van der Waals surface area (Å²) in [5.74, 6) is 3.07. The summed E-state index contributed by atoms with van der Waals surface area (Å²) in [6, 6.07) is 9.66. The van der Waals surface area contributed by atoms with Gasteiger partial charge in [-0.1, -0.05) is 6.07 Å². The fraction of sp³-hybridized carbons (Fsp3) is 0.286. The van der Waals surface area contributed by atoms with Crippen LogP contribution in [0.15, 0.2) is 34.9 Å².